The van der Waals surface area contributed by atoms with E-state index in [1.807, 2.05) is 61.5 Å². The smallest absolute Gasteiger partial charge is 0.315 e. The molecule has 1 aliphatic heterocycles. The molecular formula is C27H34N6O3. The van der Waals surface area contributed by atoms with Gasteiger partial charge < -0.3 is 30.3 Å². The Labute approximate surface area is 212 Å². The van der Waals surface area contributed by atoms with Crippen LogP contribution in [0.15, 0.2) is 67.0 Å². The molecule has 1 fully saturated rings. The van der Waals surface area contributed by atoms with Gasteiger partial charge in [-0.2, -0.15) is 0 Å². The lowest BCUT2D eigenvalue weighted by molar-refractivity contribution is 0.146. The van der Waals surface area contributed by atoms with Crippen LogP contribution in [0.5, 0.6) is 5.75 Å². The molecule has 190 valence electrons. The maximum atomic E-state index is 12.6. The largest absolute Gasteiger partial charge is 0.491 e. The average Bonchev–Trinajstić information content (AvgIpc) is 2.90. The zero-order chi connectivity index (χ0) is 25.2. The number of carbonyl (C=O) groups excluding carboxylic acids is 1. The minimum absolute atomic E-state index is 0.0331. The summed E-state index contributed by atoms with van der Waals surface area (Å²) in [4.78, 5) is 23.9. The number of hydrogen-bond acceptors (Lipinski definition) is 7. The molecule has 3 aromatic rings. The first kappa shape index (κ1) is 25.2. The number of nitrogens with zero attached hydrogens (tertiary/aromatic N) is 3. The van der Waals surface area contributed by atoms with Gasteiger partial charge in [0.15, 0.2) is 5.82 Å². The van der Waals surface area contributed by atoms with Crippen LogP contribution in [0.1, 0.15) is 31.4 Å². The van der Waals surface area contributed by atoms with Crippen LogP contribution in [-0.2, 0) is 4.74 Å². The first-order valence-corrected chi connectivity index (χ1v) is 12.3. The number of aromatic nitrogens is 2. The predicted octanol–water partition coefficient (Wildman–Crippen LogP) is 4.27. The average molecular weight is 491 g/mol. The first-order valence-electron chi connectivity index (χ1n) is 12.3. The Balaban J connectivity index is 1.30. The molecule has 2 amide bonds. The maximum absolute atomic E-state index is 12.6. The summed E-state index contributed by atoms with van der Waals surface area (Å²) in [6, 6.07) is 17.4. The van der Waals surface area contributed by atoms with E-state index < -0.39 is 0 Å². The molecule has 2 heterocycles. The van der Waals surface area contributed by atoms with Gasteiger partial charge in [-0.3, -0.25) is 4.98 Å². The van der Waals surface area contributed by atoms with E-state index in [1.54, 1.807) is 19.5 Å². The van der Waals surface area contributed by atoms with E-state index in [4.69, 9.17) is 14.5 Å². The van der Waals surface area contributed by atoms with Gasteiger partial charge in [0.2, 0.25) is 0 Å². The fourth-order valence-corrected chi connectivity index (χ4v) is 4.15. The second kappa shape index (κ2) is 12.7. The van der Waals surface area contributed by atoms with Crippen LogP contribution in [0.4, 0.5) is 22.1 Å². The van der Waals surface area contributed by atoms with Crippen molar-refractivity contribution in [2.45, 2.75) is 31.8 Å². The minimum atomic E-state index is -0.158. The molecule has 0 radical (unpaired) electrons. The normalized spacial score (nSPS) is 16.2. The Kier molecular flexibility index (Phi) is 8.93. The van der Waals surface area contributed by atoms with Gasteiger partial charge in [0.1, 0.15) is 18.2 Å². The van der Waals surface area contributed by atoms with Gasteiger partial charge in [-0.05, 0) is 49.6 Å². The van der Waals surface area contributed by atoms with Crippen molar-refractivity contribution in [2.75, 3.05) is 43.6 Å². The minimum Gasteiger partial charge on any atom is -0.491 e. The molecule has 0 aliphatic carbocycles. The van der Waals surface area contributed by atoms with Crippen molar-refractivity contribution in [1.29, 1.82) is 0 Å². The second-order valence-electron chi connectivity index (χ2n) is 8.79. The molecule has 9 heteroatoms. The van der Waals surface area contributed by atoms with Crippen LogP contribution < -0.4 is 25.6 Å². The number of nitrogens with one attached hydrogen (secondary N) is 3. The van der Waals surface area contributed by atoms with E-state index in [2.05, 4.69) is 25.8 Å². The summed E-state index contributed by atoms with van der Waals surface area (Å²) in [6.45, 7) is 4.59. The maximum Gasteiger partial charge on any atom is 0.315 e. The molecule has 2 atom stereocenters. The molecule has 1 aromatic heterocycles. The van der Waals surface area contributed by atoms with Gasteiger partial charge in [0.05, 0.1) is 25.0 Å². The number of piperidine rings is 1. The molecule has 0 bridgehead atoms. The lowest BCUT2D eigenvalue weighted by Crippen LogP contribution is -2.51. The number of hydrogen-bond donors (Lipinski definition) is 3. The van der Waals surface area contributed by atoms with Gasteiger partial charge in [-0.25, -0.2) is 9.78 Å². The summed E-state index contributed by atoms with van der Waals surface area (Å²) in [7, 11) is 1.65. The SMILES string of the molecule is COCCOc1ccc(Nc2cncc(N3CCC[C@@H](NC(=O)N[C@@H](C)c4ccccc4)C3)n2)cc1. The molecule has 0 saturated carbocycles. The Bertz CT molecular complexity index is 1100. The van der Waals surface area contributed by atoms with E-state index >= 15 is 0 Å². The van der Waals surface area contributed by atoms with Crippen LogP contribution >= 0.6 is 0 Å². The third kappa shape index (κ3) is 7.32. The highest BCUT2D eigenvalue weighted by atomic mass is 16.5. The molecule has 2 aromatic carbocycles. The summed E-state index contributed by atoms with van der Waals surface area (Å²) in [5.74, 6) is 2.22. The van der Waals surface area contributed by atoms with Crippen molar-refractivity contribution in [1.82, 2.24) is 20.6 Å². The molecule has 4 rings (SSSR count). The highest BCUT2D eigenvalue weighted by Crippen LogP contribution is 2.22. The molecule has 0 spiro atoms. The van der Waals surface area contributed by atoms with E-state index in [1.165, 1.54) is 0 Å². The highest BCUT2D eigenvalue weighted by Gasteiger charge is 2.23. The molecule has 0 unspecified atom stereocenters. The van der Waals surface area contributed by atoms with Crippen molar-refractivity contribution in [2.24, 2.45) is 0 Å². The third-order valence-corrected chi connectivity index (χ3v) is 6.03. The van der Waals surface area contributed by atoms with Gasteiger partial charge in [-0.1, -0.05) is 30.3 Å². The number of methoxy groups -OCH3 is 1. The zero-order valence-corrected chi connectivity index (χ0v) is 20.8. The molecule has 36 heavy (non-hydrogen) atoms. The summed E-state index contributed by atoms with van der Waals surface area (Å²) in [6.07, 6.45) is 5.35. The van der Waals surface area contributed by atoms with Crippen molar-refractivity contribution in [3.63, 3.8) is 0 Å². The van der Waals surface area contributed by atoms with E-state index in [0.29, 0.717) is 25.6 Å². The Hall–Kier alpha value is -3.85. The lowest BCUT2D eigenvalue weighted by atomic mass is 10.1. The molecule has 3 N–H and O–H groups in total. The Morgan fingerprint density at radius 3 is 2.69 bits per heavy atom. The molecular weight excluding hydrogens is 456 g/mol. The number of anilines is 3. The topological polar surface area (TPSA) is 101 Å². The standard InChI is InChI=1S/C27H34N6O3/c1-20(21-7-4-3-5-8-21)29-27(34)31-23-9-6-14-33(19-23)26-18-28-17-25(32-26)30-22-10-12-24(13-11-22)36-16-15-35-2/h3-5,7-8,10-13,17-18,20,23H,6,9,14-16,19H2,1-2H3,(H,30,32)(H2,29,31,34)/t20-,23+/m0/s1. The van der Waals surface area contributed by atoms with Crippen molar-refractivity contribution in [3.05, 3.63) is 72.6 Å². The number of rotatable bonds is 10. The first-order chi connectivity index (χ1) is 17.6. The van der Waals surface area contributed by atoms with Crippen LogP contribution in [-0.4, -0.2) is 55.5 Å². The quantitative estimate of drug-likeness (QED) is 0.365. The summed E-state index contributed by atoms with van der Waals surface area (Å²) in [5, 5.41) is 9.45. The Morgan fingerprint density at radius 2 is 1.92 bits per heavy atom. The zero-order valence-electron chi connectivity index (χ0n) is 20.8. The summed E-state index contributed by atoms with van der Waals surface area (Å²) < 4.78 is 10.6. The number of urea groups is 1. The van der Waals surface area contributed by atoms with E-state index in [9.17, 15) is 4.79 Å². The molecule has 1 saturated heterocycles. The number of carbonyl (C=O) groups is 1. The number of amides is 2. The van der Waals surface area contributed by atoms with Crippen LogP contribution in [0.3, 0.4) is 0 Å². The summed E-state index contributed by atoms with van der Waals surface area (Å²) >= 11 is 0. The fourth-order valence-electron chi connectivity index (χ4n) is 4.15. The van der Waals surface area contributed by atoms with Gasteiger partial charge in [0, 0.05) is 31.9 Å². The van der Waals surface area contributed by atoms with Gasteiger partial charge >= 0.3 is 6.03 Å². The lowest BCUT2D eigenvalue weighted by Gasteiger charge is -2.34. The van der Waals surface area contributed by atoms with Crippen LogP contribution in [0, 0.1) is 0 Å². The fraction of sp³-hybridized carbons (Fsp3) is 0.370. The highest BCUT2D eigenvalue weighted by molar-refractivity contribution is 5.75. The van der Waals surface area contributed by atoms with E-state index in [0.717, 1.165) is 42.2 Å². The van der Waals surface area contributed by atoms with Gasteiger partial charge in [0.25, 0.3) is 0 Å². The monoisotopic (exact) mass is 490 g/mol. The predicted molar refractivity (Wildman–Crippen MR) is 141 cm³/mol. The van der Waals surface area contributed by atoms with Crippen molar-refractivity contribution in [3.8, 4) is 5.75 Å². The van der Waals surface area contributed by atoms with Crippen LogP contribution in [0.25, 0.3) is 0 Å². The van der Waals surface area contributed by atoms with Crippen molar-refractivity contribution < 1.29 is 14.3 Å². The molecule has 1 aliphatic rings. The number of benzene rings is 2. The Morgan fingerprint density at radius 1 is 1.11 bits per heavy atom. The van der Waals surface area contributed by atoms with E-state index in [-0.39, 0.29) is 18.1 Å². The second-order valence-corrected chi connectivity index (χ2v) is 8.79. The third-order valence-electron chi connectivity index (χ3n) is 6.03. The number of ether oxygens (including phenoxy) is 2. The summed E-state index contributed by atoms with van der Waals surface area (Å²) in [5.41, 5.74) is 1.97. The molecule has 9 nitrogen and oxygen atoms in total. The van der Waals surface area contributed by atoms with Crippen molar-refractivity contribution >= 4 is 23.4 Å². The van der Waals surface area contributed by atoms with Crippen LogP contribution in [0.2, 0.25) is 0 Å². The van der Waals surface area contributed by atoms with Gasteiger partial charge in [-0.15, -0.1) is 0 Å².